The molecule has 19 heavy (non-hydrogen) atoms. The van der Waals surface area contributed by atoms with Gasteiger partial charge in [-0.3, -0.25) is 9.59 Å². The molecule has 1 aromatic carbocycles. The average molecular weight is 256 g/mol. The Morgan fingerprint density at radius 1 is 1.21 bits per heavy atom. The molecule has 0 aromatic heterocycles. The fraction of sp³-hybridized carbons (Fsp3) is 0.294. The number of unbranched alkanes of at least 4 members (excludes halogenated alkanes) is 2. The molecule has 2 heteroatoms. The predicted octanol–water partition coefficient (Wildman–Crippen LogP) is 3.97. The molecule has 2 nitrogen and oxygen atoms in total. The molecular weight excluding hydrogens is 236 g/mol. The van der Waals surface area contributed by atoms with Gasteiger partial charge in [-0.2, -0.15) is 0 Å². The Balaban J connectivity index is 3.16. The van der Waals surface area contributed by atoms with E-state index in [-0.39, 0.29) is 5.78 Å². The number of benzene rings is 1. The summed E-state index contributed by atoms with van der Waals surface area (Å²) < 4.78 is 0. The first-order valence-corrected chi connectivity index (χ1v) is 6.65. The normalized spacial score (nSPS) is 11.6. The molecule has 0 aliphatic rings. The van der Waals surface area contributed by atoms with Crippen molar-refractivity contribution in [2.24, 2.45) is 0 Å². The lowest BCUT2D eigenvalue weighted by molar-refractivity contribution is -0.110. The third kappa shape index (κ3) is 4.32. The third-order valence-corrected chi connectivity index (χ3v) is 3.01. The van der Waals surface area contributed by atoms with Gasteiger partial charge in [0.05, 0.1) is 0 Å². The molecule has 0 N–H and O–H groups in total. The second-order valence-corrected chi connectivity index (χ2v) is 4.41. The highest BCUT2D eigenvalue weighted by Crippen LogP contribution is 2.23. The van der Waals surface area contributed by atoms with E-state index in [9.17, 15) is 9.59 Å². The maximum absolute atomic E-state index is 12.0. The number of hydrogen-bond acceptors (Lipinski definition) is 2. The van der Waals surface area contributed by atoms with Gasteiger partial charge in [-0.25, -0.2) is 0 Å². The van der Waals surface area contributed by atoms with E-state index < -0.39 is 0 Å². The van der Waals surface area contributed by atoms with Gasteiger partial charge in [-0.15, -0.1) is 0 Å². The molecule has 0 radical (unpaired) electrons. The summed E-state index contributed by atoms with van der Waals surface area (Å²) in [6.45, 7) is 5.63. The van der Waals surface area contributed by atoms with Crippen LogP contribution in [0.5, 0.6) is 0 Å². The monoisotopic (exact) mass is 256 g/mol. The van der Waals surface area contributed by atoms with Crippen LogP contribution in [0, 0.1) is 0 Å². The van der Waals surface area contributed by atoms with Crippen LogP contribution in [0.4, 0.5) is 0 Å². The van der Waals surface area contributed by atoms with Crippen molar-refractivity contribution in [1.82, 2.24) is 0 Å². The van der Waals surface area contributed by atoms with Gasteiger partial charge in [0.2, 0.25) is 0 Å². The Labute approximate surface area is 114 Å². The number of hydrogen-bond donors (Lipinski definition) is 0. The fourth-order valence-electron chi connectivity index (χ4n) is 2.00. The van der Waals surface area contributed by atoms with Gasteiger partial charge in [0.1, 0.15) is 6.29 Å². The maximum atomic E-state index is 12.0. The Morgan fingerprint density at radius 3 is 2.42 bits per heavy atom. The average Bonchev–Trinajstić information content (AvgIpc) is 2.47. The molecule has 0 aliphatic heterocycles. The number of carbonyl (C=O) groups is 2. The second-order valence-electron chi connectivity index (χ2n) is 4.41. The van der Waals surface area contributed by atoms with Crippen LogP contribution in [0.2, 0.25) is 0 Å². The molecule has 0 heterocycles. The van der Waals surface area contributed by atoms with Crippen LogP contribution in [0.15, 0.2) is 48.6 Å². The predicted molar refractivity (Wildman–Crippen MR) is 78.8 cm³/mol. The van der Waals surface area contributed by atoms with Gasteiger partial charge < -0.3 is 0 Å². The van der Waals surface area contributed by atoms with E-state index in [0.29, 0.717) is 17.6 Å². The van der Waals surface area contributed by atoms with Gasteiger partial charge in [0.25, 0.3) is 0 Å². The minimum Gasteiger partial charge on any atom is -0.298 e. The minimum absolute atomic E-state index is 0.190. The van der Waals surface area contributed by atoms with Gasteiger partial charge in [-0.1, -0.05) is 56.7 Å². The van der Waals surface area contributed by atoms with Gasteiger partial charge in [0, 0.05) is 11.1 Å². The summed E-state index contributed by atoms with van der Waals surface area (Å²) in [7, 11) is 0. The van der Waals surface area contributed by atoms with Crippen molar-refractivity contribution >= 4 is 17.6 Å². The lowest BCUT2D eigenvalue weighted by Crippen LogP contribution is -2.03. The van der Waals surface area contributed by atoms with Crippen molar-refractivity contribution in [2.75, 3.05) is 0 Å². The molecule has 0 saturated heterocycles. The van der Waals surface area contributed by atoms with E-state index in [1.54, 1.807) is 0 Å². The number of allylic oxidation sites excluding steroid dienone is 3. The summed E-state index contributed by atoms with van der Waals surface area (Å²) in [5.41, 5.74) is 1.84. The third-order valence-electron chi connectivity index (χ3n) is 3.01. The van der Waals surface area contributed by atoms with Crippen molar-refractivity contribution in [3.63, 3.8) is 0 Å². The Morgan fingerprint density at radius 2 is 1.89 bits per heavy atom. The molecule has 0 unspecified atom stereocenters. The van der Waals surface area contributed by atoms with E-state index in [2.05, 4.69) is 13.5 Å². The Bertz CT molecular complexity index is 469. The molecule has 0 spiro atoms. The van der Waals surface area contributed by atoms with Crippen LogP contribution in [0.1, 0.15) is 38.2 Å². The molecule has 0 aliphatic carbocycles. The first-order chi connectivity index (χ1) is 9.24. The summed E-state index contributed by atoms with van der Waals surface area (Å²) >= 11 is 0. The van der Waals surface area contributed by atoms with Crippen LogP contribution in [-0.2, 0) is 9.59 Å². The maximum Gasteiger partial charge on any atom is 0.186 e. The first kappa shape index (κ1) is 15.1. The van der Waals surface area contributed by atoms with Crippen molar-refractivity contribution in [2.45, 2.75) is 32.6 Å². The summed E-state index contributed by atoms with van der Waals surface area (Å²) in [5, 5.41) is 0. The Hall–Kier alpha value is -1.96. The van der Waals surface area contributed by atoms with Gasteiger partial charge in [0.15, 0.2) is 5.78 Å². The smallest absolute Gasteiger partial charge is 0.186 e. The van der Waals surface area contributed by atoms with E-state index >= 15 is 0 Å². The number of carbonyl (C=O) groups excluding carboxylic acids is 2. The highest BCUT2D eigenvalue weighted by atomic mass is 16.1. The van der Waals surface area contributed by atoms with Gasteiger partial charge >= 0.3 is 0 Å². The van der Waals surface area contributed by atoms with Crippen LogP contribution in [0.3, 0.4) is 0 Å². The van der Waals surface area contributed by atoms with Crippen molar-refractivity contribution in [1.29, 1.82) is 0 Å². The van der Waals surface area contributed by atoms with Crippen molar-refractivity contribution in [3.8, 4) is 0 Å². The molecular formula is C17H20O2. The quantitative estimate of drug-likeness (QED) is 0.400. The van der Waals surface area contributed by atoms with Gasteiger partial charge in [-0.05, 0) is 24.5 Å². The van der Waals surface area contributed by atoms with E-state index in [1.807, 2.05) is 30.3 Å². The van der Waals surface area contributed by atoms with Crippen LogP contribution in [-0.4, -0.2) is 12.1 Å². The van der Waals surface area contributed by atoms with Crippen LogP contribution >= 0.6 is 0 Å². The highest BCUT2D eigenvalue weighted by molar-refractivity contribution is 6.29. The van der Waals surface area contributed by atoms with Crippen LogP contribution < -0.4 is 0 Å². The van der Waals surface area contributed by atoms with E-state index in [0.717, 1.165) is 31.1 Å². The lowest BCUT2D eigenvalue weighted by atomic mass is 9.93. The first-order valence-electron chi connectivity index (χ1n) is 6.65. The fourth-order valence-corrected chi connectivity index (χ4v) is 2.00. The van der Waals surface area contributed by atoms with Crippen molar-refractivity contribution in [3.05, 3.63) is 54.1 Å². The van der Waals surface area contributed by atoms with Crippen LogP contribution in [0.25, 0.3) is 5.57 Å². The molecule has 0 saturated carbocycles. The molecule has 1 rings (SSSR count). The number of aldehydes is 1. The topological polar surface area (TPSA) is 34.1 Å². The molecule has 0 atom stereocenters. The lowest BCUT2D eigenvalue weighted by Gasteiger charge is -2.09. The largest absolute Gasteiger partial charge is 0.298 e. The molecule has 0 bridgehead atoms. The highest BCUT2D eigenvalue weighted by Gasteiger charge is 2.14. The van der Waals surface area contributed by atoms with E-state index in [4.69, 9.17) is 0 Å². The Kier molecular flexibility index (Phi) is 6.51. The summed E-state index contributed by atoms with van der Waals surface area (Å²) in [6.07, 6.45) is 5.78. The second kappa shape index (κ2) is 8.20. The number of ketones is 1. The molecule has 1 aromatic rings. The van der Waals surface area contributed by atoms with Crippen molar-refractivity contribution < 1.29 is 9.59 Å². The molecule has 100 valence electrons. The minimum atomic E-state index is -0.190. The zero-order valence-electron chi connectivity index (χ0n) is 11.4. The SMILES string of the molecule is C=CC(=O)C(=C(C=O)CCCCC)c1ccccc1. The standard InChI is InChI=1S/C17H20O2/c1-3-5-7-12-15(13-18)17(16(19)4-2)14-10-8-6-9-11-14/h4,6,8-11,13H,2-3,5,7,12H2,1H3. The summed E-state index contributed by atoms with van der Waals surface area (Å²) in [5.74, 6) is -0.190. The zero-order chi connectivity index (χ0) is 14.1. The summed E-state index contributed by atoms with van der Waals surface area (Å²) in [6, 6.07) is 9.30. The summed E-state index contributed by atoms with van der Waals surface area (Å²) in [4.78, 5) is 23.3. The van der Waals surface area contributed by atoms with E-state index in [1.165, 1.54) is 6.08 Å². The molecule has 0 amide bonds. The zero-order valence-corrected chi connectivity index (χ0v) is 11.4. The molecule has 0 fully saturated rings. The number of rotatable bonds is 8.